The smallest absolute Gasteiger partial charge is 0.306 e. The second kappa shape index (κ2) is 5.78. The maximum Gasteiger partial charge on any atom is 0.306 e. The predicted molar refractivity (Wildman–Crippen MR) is 70.1 cm³/mol. The van der Waals surface area contributed by atoms with Crippen molar-refractivity contribution in [2.24, 2.45) is 11.8 Å². The number of carboxylic acid groups (broad SMARTS) is 1. The summed E-state index contributed by atoms with van der Waals surface area (Å²) in [6.45, 7) is 2.13. The third-order valence-electron chi connectivity index (χ3n) is 3.19. The second-order valence-corrected chi connectivity index (χ2v) is 5.48. The Morgan fingerprint density at radius 2 is 2.26 bits per heavy atom. The molecular formula is C14H16ClFO3. The lowest BCUT2D eigenvalue weighted by Gasteiger charge is -2.15. The topological polar surface area (TPSA) is 46.5 Å². The van der Waals surface area contributed by atoms with Crippen LogP contribution < -0.4 is 4.74 Å². The van der Waals surface area contributed by atoms with Crippen LogP contribution in [0.2, 0.25) is 5.02 Å². The molecule has 0 spiro atoms. The molecule has 1 aromatic rings. The van der Waals surface area contributed by atoms with Gasteiger partial charge in [0.2, 0.25) is 0 Å². The van der Waals surface area contributed by atoms with Gasteiger partial charge in [0.05, 0.1) is 17.5 Å². The van der Waals surface area contributed by atoms with Crippen molar-refractivity contribution in [2.45, 2.75) is 26.2 Å². The van der Waals surface area contributed by atoms with Crippen molar-refractivity contribution >= 4 is 17.6 Å². The lowest BCUT2D eigenvalue weighted by molar-refractivity contribution is -0.141. The number of carboxylic acids is 1. The Hall–Kier alpha value is -1.29. The largest absolute Gasteiger partial charge is 0.491 e. The lowest BCUT2D eigenvalue weighted by Crippen LogP contribution is -2.14. The monoisotopic (exact) mass is 286 g/mol. The maximum atomic E-state index is 13.4. The fraction of sp³-hybridized carbons (Fsp3) is 0.500. The molecular weight excluding hydrogens is 271 g/mol. The standard InChI is InChI=1S/C14H16ClFO3/c1-8(14(17)18)4-10-5-11(16)6-12(15)13(10)19-7-9-2-3-9/h5-6,8-9H,2-4,7H2,1H3,(H,17,18). The summed E-state index contributed by atoms with van der Waals surface area (Å²) in [6, 6.07) is 2.49. The minimum atomic E-state index is -0.923. The Bertz CT molecular complexity index is 486. The van der Waals surface area contributed by atoms with E-state index in [1.165, 1.54) is 12.1 Å². The highest BCUT2D eigenvalue weighted by Crippen LogP contribution is 2.35. The van der Waals surface area contributed by atoms with E-state index in [4.69, 9.17) is 21.4 Å². The molecule has 1 saturated carbocycles. The normalized spacial score (nSPS) is 16.2. The zero-order valence-corrected chi connectivity index (χ0v) is 11.4. The van der Waals surface area contributed by atoms with Crippen LogP contribution in [0.1, 0.15) is 25.3 Å². The Labute approximate surface area is 116 Å². The van der Waals surface area contributed by atoms with E-state index in [0.29, 0.717) is 23.8 Å². The van der Waals surface area contributed by atoms with Crippen LogP contribution in [-0.2, 0) is 11.2 Å². The number of ether oxygens (including phenoxy) is 1. The van der Waals surface area contributed by atoms with E-state index < -0.39 is 17.7 Å². The number of hydrogen-bond donors (Lipinski definition) is 1. The number of carbonyl (C=O) groups is 1. The Kier molecular flexibility index (Phi) is 4.30. The minimum absolute atomic E-state index is 0.201. The van der Waals surface area contributed by atoms with Crippen LogP contribution in [0.5, 0.6) is 5.75 Å². The zero-order chi connectivity index (χ0) is 14.0. The highest BCUT2D eigenvalue weighted by atomic mass is 35.5. The molecule has 0 radical (unpaired) electrons. The highest BCUT2D eigenvalue weighted by Gasteiger charge is 2.24. The van der Waals surface area contributed by atoms with E-state index in [1.54, 1.807) is 6.92 Å². The van der Waals surface area contributed by atoms with E-state index in [0.717, 1.165) is 12.8 Å². The molecule has 2 rings (SSSR count). The third kappa shape index (κ3) is 3.83. The molecule has 1 fully saturated rings. The first kappa shape index (κ1) is 14.1. The van der Waals surface area contributed by atoms with Crippen LogP contribution in [0.25, 0.3) is 0 Å². The van der Waals surface area contributed by atoms with Crippen molar-refractivity contribution in [1.29, 1.82) is 0 Å². The van der Waals surface area contributed by atoms with Gasteiger partial charge in [0.1, 0.15) is 11.6 Å². The quantitative estimate of drug-likeness (QED) is 0.870. The zero-order valence-electron chi connectivity index (χ0n) is 10.7. The highest BCUT2D eigenvalue weighted by molar-refractivity contribution is 6.32. The van der Waals surface area contributed by atoms with Crippen LogP contribution in [0.4, 0.5) is 4.39 Å². The van der Waals surface area contributed by atoms with Gasteiger partial charge in [-0.1, -0.05) is 18.5 Å². The number of hydrogen-bond acceptors (Lipinski definition) is 2. The van der Waals surface area contributed by atoms with Gasteiger partial charge >= 0.3 is 5.97 Å². The summed E-state index contributed by atoms with van der Waals surface area (Å²) in [5.41, 5.74) is 0.514. The average molecular weight is 287 g/mol. The van der Waals surface area contributed by atoms with Crippen LogP contribution >= 0.6 is 11.6 Å². The summed E-state index contributed by atoms with van der Waals surface area (Å²) in [4.78, 5) is 10.9. The summed E-state index contributed by atoms with van der Waals surface area (Å²) in [6.07, 6.45) is 2.48. The fourth-order valence-electron chi connectivity index (χ4n) is 1.83. The first-order chi connectivity index (χ1) is 8.97. The van der Waals surface area contributed by atoms with Crippen LogP contribution in [0.3, 0.4) is 0 Å². The van der Waals surface area contributed by atoms with Crippen molar-refractivity contribution < 1.29 is 19.0 Å². The van der Waals surface area contributed by atoms with Crippen molar-refractivity contribution in [1.82, 2.24) is 0 Å². The molecule has 0 saturated heterocycles. The summed E-state index contributed by atoms with van der Waals surface area (Å²) in [5.74, 6) is -1.04. The molecule has 0 bridgehead atoms. The van der Waals surface area contributed by atoms with Crippen LogP contribution in [0, 0.1) is 17.7 Å². The van der Waals surface area contributed by atoms with Gasteiger partial charge in [0.15, 0.2) is 0 Å². The van der Waals surface area contributed by atoms with Gasteiger partial charge < -0.3 is 9.84 Å². The molecule has 0 aliphatic heterocycles. The van der Waals surface area contributed by atoms with E-state index in [2.05, 4.69) is 0 Å². The first-order valence-corrected chi connectivity index (χ1v) is 6.68. The van der Waals surface area contributed by atoms with Crippen molar-refractivity contribution in [3.8, 4) is 5.75 Å². The molecule has 0 amide bonds. The summed E-state index contributed by atoms with van der Waals surface area (Å²) in [7, 11) is 0. The third-order valence-corrected chi connectivity index (χ3v) is 3.47. The molecule has 19 heavy (non-hydrogen) atoms. The first-order valence-electron chi connectivity index (χ1n) is 6.31. The van der Waals surface area contributed by atoms with Gasteiger partial charge in [-0.3, -0.25) is 4.79 Å². The van der Waals surface area contributed by atoms with Crippen LogP contribution in [-0.4, -0.2) is 17.7 Å². The Morgan fingerprint density at radius 3 is 2.84 bits per heavy atom. The van der Waals surface area contributed by atoms with Crippen molar-refractivity contribution in [2.75, 3.05) is 6.61 Å². The maximum absolute atomic E-state index is 13.4. The summed E-state index contributed by atoms with van der Waals surface area (Å²) < 4.78 is 19.0. The number of benzene rings is 1. The molecule has 1 aromatic carbocycles. The van der Waals surface area contributed by atoms with E-state index >= 15 is 0 Å². The Balaban J connectivity index is 2.19. The van der Waals surface area contributed by atoms with Crippen molar-refractivity contribution in [3.05, 3.63) is 28.5 Å². The van der Waals surface area contributed by atoms with Gasteiger partial charge in [0, 0.05) is 0 Å². The van der Waals surface area contributed by atoms with Gasteiger partial charge in [0.25, 0.3) is 0 Å². The summed E-state index contributed by atoms with van der Waals surface area (Å²) >= 11 is 5.99. The van der Waals surface area contributed by atoms with E-state index in [1.807, 2.05) is 0 Å². The molecule has 1 N–H and O–H groups in total. The van der Waals surface area contributed by atoms with Gasteiger partial charge in [-0.25, -0.2) is 4.39 Å². The second-order valence-electron chi connectivity index (χ2n) is 5.07. The molecule has 0 aromatic heterocycles. The predicted octanol–water partition coefficient (Wildman–Crippen LogP) is 3.53. The minimum Gasteiger partial charge on any atom is -0.491 e. The number of rotatable bonds is 6. The SMILES string of the molecule is CC(Cc1cc(F)cc(Cl)c1OCC1CC1)C(=O)O. The Morgan fingerprint density at radius 1 is 1.58 bits per heavy atom. The number of aliphatic carboxylic acids is 1. The molecule has 3 nitrogen and oxygen atoms in total. The number of halogens is 2. The van der Waals surface area contributed by atoms with Gasteiger partial charge in [-0.05, 0) is 42.9 Å². The molecule has 1 atom stereocenters. The average Bonchev–Trinajstić information content (AvgIpc) is 3.11. The fourth-order valence-corrected chi connectivity index (χ4v) is 2.11. The molecule has 1 unspecified atom stereocenters. The van der Waals surface area contributed by atoms with Crippen LogP contribution in [0.15, 0.2) is 12.1 Å². The molecule has 0 heterocycles. The van der Waals surface area contributed by atoms with Crippen molar-refractivity contribution in [3.63, 3.8) is 0 Å². The van der Waals surface area contributed by atoms with E-state index in [-0.39, 0.29) is 11.4 Å². The lowest BCUT2D eigenvalue weighted by atomic mass is 10.0. The molecule has 1 aliphatic carbocycles. The molecule has 5 heteroatoms. The summed E-state index contributed by atoms with van der Waals surface area (Å²) in [5, 5.41) is 9.14. The molecule has 1 aliphatic rings. The van der Waals surface area contributed by atoms with Gasteiger partial charge in [-0.15, -0.1) is 0 Å². The van der Waals surface area contributed by atoms with E-state index in [9.17, 15) is 9.18 Å². The van der Waals surface area contributed by atoms with Gasteiger partial charge in [-0.2, -0.15) is 0 Å². The molecule has 104 valence electrons.